The lowest BCUT2D eigenvalue weighted by atomic mass is 10.2. The van der Waals surface area contributed by atoms with Gasteiger partial charge in [0.05, 0.1) is 23.3 Å². The van der Waals surface area contributed by atoms with Crippen LogP contribution in [-0.4, -0.2) is 16.8 Å². The van der Waals surface area contributed by atoms with E-state index in [1.165, 1.54) is 4.68 Å². The standard InChI is InChI=1S/C13H18N6O.H2/c1-8-12(7-16-19(3)13(8)20)17-9-4-5-10(15-2)11(6-9)18-14;/h4-7,15,17-18H,14H2,1-3H3;1H. The molecule has 0 fully saturated rings. The van der Waals surface area contributed by atoms with Crippen LogP contribution in [0.4, 0.5) is 22.7 Å². The second-order valence-corrected chi connectivity index (χ2v) is 4.39. The Bertz CT molecular complexity index is 685. The van der Waals surface area contributed by atoms with Crippen LogP contribution < -0.4 is 27.5 Å². The Morgan fingerprint density at radius 1 is 1.30 bits per heavy atom. The summed E-state index contributed by atoms with van der Waals surface area (Å²) in [7, 11) is 3.44. The highest BCUT2D eigenvalue weighted by molar-refractivity contribution is 5.75. The third-order valence-electron chi connectivity index (χ3n) is 3.10. The van der Waals surface area contributed by atoms with Crippen molar-refractivity contribution in [1.29, 1.82) is 0 Å². The van der Waals surface area contributed by atoms with E-state index in [0.717, 1.165) is 17.1 Å². The van der Waals surface area contributed by atoms with Crippen molar-refractivity contribution in [3.05, 3.63) is 40.3 Å². The lowest BCUT2D eigenvalue weighted by molar-refractivity contribution is 0.702. The molecule has 7 heteroatoms. The molecule has 1 heterocycles. The predicted molar refractivity (Wildman–Crippen MR) is 83.4 cm³/mol. The summed E-state index contributed by atoms with van der Waals surface area (Å²) in [6.07, 6.45) is 1.62. The molecule has 0 saturated carbocycles. The highest BCUT2D eigenvalue weighted by atomic mass is 16.1. The van der Waals surface area contributed by atoms with Crippen LogP contribution in [0.25, 0.3) is 0 Å². The van der Waals surface area contributed by atoms with E-state index in [0.29, 0.717) is 11.3 Å². The Kier molecular flexibility index (Phi) is 3.90. The molecule has 5 N–H and O–H groups in total. The number of nitrogens with two attached hydrogens (primary N) is 1. The number of rotatable bonds is 4. The molecule has 0 aliphatic rings. The summed E-state index contributed by atoms with van der Waals surface area (Å²) >= 11 is 0. The Morgan fingerprint density at radius 2 is 2.05 bits per heavy atom. The zero-order chi connectivity index (χ0) is 14.7. The molecular formula is C13H20N6O. The molecule has 0 unspecified atom stereocenters. The van der Waals surface area contributed by atoms with E-state index in [-0.39, 0.29) is 6.99 Å². The van der Waals surface area contributed by atoms with Crippen LogP contribution in [0.5, 0.6) is 0 Å². The number of hydrogen-bond acceptors (Lipinski definition) is 6. The van der Waals surface area contributed by atoms with Crippen LogP contribution in [0.2, 0.25) is 0 Å². The molecule has 0 aliphatic carbocycles. The van der Waals surface area contributed by atoms with Gasteiger partial charge in [-0.2, -0.15) is 5.10 Å². The fourth-order valence-electron chi connectivity index (χ4n) is 1.89. The van der Waals surface area contributed by atoms with Gasteiger partial charge in [-0.25, -0.2) is 4.68 Å². The monoisotopic (exact) mass is 276 g/mol. The van der Waals surface area contributed by atoms with Gasteiger partial charge in [0.15, 0.2) is 0 Å². The van der Waals surface area contributed by atoms with Crippen molar-refractivity contribution >= 4 is 22.7 Å². The minimum Gasteiger partial charge on any atom is -0.386 e. The summed E-state index contributed by atoms with van der Waals surface area (Å²) in [6.45, 7) is 1.76. The number of benzene rings is 1. The molecule has 0 aliphatic heterocycles. The Morgan fingerprint density at radius 3 is 2.70 bits per heavy atom. The summed E-state index contributed by atoms with van der Waals surface area (Å²) in [5, 5.41) is 10.2. The molecule has 0 amide bonds. The van der Waals surface area contributed by atoms with Gasteiger partial charge in [-0.15, -0.1) is 0 Å². The molecule has 7 nitrogen and oxygen atoms in total. The van der Waals surface area contributed by atoms with Crippen LogP contribution in [0.1, 0.15) is 6.99 Å². The molecule has 1 aromatic heterocycles. The second kappa shape index (κ2) is 5.62. The molecule has 20 heavy (non-hydrogen) atoms. The van der Waals surface area contributed by atoms with Crippen LogP contribution in [0.3, 0.4) is 0 Å². The van der Waals surface area contributed by atoms with Crippen molar-refractivity contribution in [1.82, 2.24) is 9.78 Å². The van der Waals surface area contributed by atoms with Gasteiger partial charge in [0.1, 0.15) is 0 Å². The third-order valence-corrected chi connectivity index (χ3v) is 3.10. The molecule has 108 valence electrons. The van der Waals surface area contributed by atoms with Crippen molar-refractivity contribution < 1.29 is 1.43 Å². The highest BCUT2D eigenvalue weighted by Crippen LogP contribution is 2.26. The van der Waals surface area contributed by atoms with Crippen molar-refractivity contribution in [3.63, 3.8) is 0 Å². The number of nitrogens with one attached hydrogen (secondary N) is 3. The topological polar surface area (TPSA) is 97.0 Å². The third kappa shape index (κ3) is 2.57. The number of aryl methyl sites for hydroxylation is 1. The van der Waals surface area contributed by atoms with Gasteiger partial charge in [-0.3, -0.25) is 10.6 Å². The molecule has 0 radical (unpaired) electrons. The first kappa shape index (κ1) is 13.9. The van der Waals surface area contributed by atoms with Gasteiger partial charge < -0.3 is 16.1 Å². The highest BCUT2D eigenvalue weighted by Gasteiger charge is 2.07. The summed E-state index contributed by atoms with van der Waals surface area (Å²) in [5.41, 5.74) is 6.24. The number of anilines is 4. The number of nitrogens with zero attached hydrogens (tertiary/aromatic N) is 2. The van der Waals surface area contributed by atoms with E-state index in [2.05, 4.69) is 21.2 Å². The van der Waals surface area contributed by atoms with Gasteiger partial charge in [0.25, 0.3) is 5.56 Å². The molecule has 0 saturated heterocycles. The van der Waals surface area contributed by atoms with E-state index in [1.54, 1.807) is 20.2 Å². The van der Waals surface area contributed by atoms with Gasteiger partial charge in [0.2, 0.25) is 0 Å². The van der Waals surface area contributed by atoms with Crippen molar-refractivity contribution in [2.75, 3.05) is 23.1 Å². The Hall–Kier alpha value is -2.54. The summed E-state index contributed by atoms with van der Waals surface area (Å²) in [5.74, 6) is 5.48. The Balaban J connectivity index is 0.00000220. The molecule has 2 rings (SSSR count). The fourth-order valence-corrected chi connectivity index (χ4v) is 1.89. The van der Waals surface area contributed by atoms with E-state index < -0.39 is 0 Å². The number of nitrogen functional groups attached to an aromatic ring is 1. The van der Waals surface area contributed by atoms with Crippen molar-refractivity contribution in [3.8, 4) is 0 Å². The van der Waals surface area contributed by atoms with E-state index in [9.17, 15) is 4.79 Å². The quantitative estimate of drug-likeness (QED) is 0.498. The molecule has 0 spiro atoms. The SMILES string of the molecule is CNc1ccc(Nc2cnn(C)c(=O)c2C)cc1NN.[HH]. The average molecular weight is 276 g/mol. The van der Waals surface area contributed by atoms with Gasteiger partial charge >= 0.3 is 0 Å². The van der Waals surface area contributed by atoms with Crippen LogP contribution in [0.15, 0.2) is 29.2 Å². The van der Waals surface area contributed by atoms with Gasteiger partial charge in [-0.1, -0.05) is 0 Å². The number of aromatic nitrogens is 2. The first-order chi connectivity index (χ1) is 9.56. The smallest absolute Gasteiger partial charge is 0.271 e. The largest absolute Gasteiger partial charge is 0.386 e. The van der Waals surface area contributed by atoms with Crippen LogP contribution in [-0.2, 0) is 7.05 Å². The van der Waals surface area contributed by atoms with Crippen molar-refractivity contribution in [2.24, 2.45) is 12.9 Å². The molecule has 1 aromatic carbocycles. The molecule has 2 aromatic rings. The maximum atomic E-state index is 11.8. The molecule has 0 bridgehead atoms. The minimum absolute atomic E-state index is 0. The summed E-state index contributed by atoms with van der Waals surface area (Å²) < 4.78 is 1.30. The van der Waals surface area contributed by atoms with Gasteiger partial charge in [-0.05, 0) is 25.1 Å². The number of hydrazine groups is 1. The normalized spacial score (nSPS) is 10.2. The first-order valence-corrected chi connectivity index (χ1v) is 6.15. The maximum Gasteiger partial charge on any atom is 0.271 e. The van der Waals surface area contributed by atoms with Gasteiger partial charge in [0, 0.05) is 26.8 Å². The number of hydrogen-bond donors (Lipinski definition) is 4. The maximum absolute atomic E-state index is 11.8. The molecular weight excluding hydrogens is 256 g/mol. The zero-order valence-electron chi connectivity index (χ0n) is 11.7. The lowest BCUT2D eigenvalue weighted by Gasteiger charge is -2.13. The fraction of sp³-hybridized carbons (Fsp3) is 0.231. The average Bonchev–Trinajstić information content (AvgIpc) is 2.47. The molecule has 0 atom stereocenters. The predicted octanol–water partition coefficient (Wildman–Crippen LogP) is 1.41. The van der Waals surface area contributed by atoms with Crippen LogP contribution in [0, 0.1) is 6.92 Å². The zero-order valence-corrected chi connectivity index (χ0v) is 11.7. The van der Waals surface area contributed by atoms with E-state index in [1.807, 2.05) is 25.2 Å². The summed E-state index contributed by atoms with van der Waals surface area (Å²) in [6, 6.07) is 5.63. The Labute approximate surface area is 118 Å². The first-order valence-electron chi connectivity index (χ1n) is 6.15. The van der Waals surface area contributed by atoms with E-state index >= 15 is 0 Å². The second-order valence-electron chi connectivity index (χ2n) is 4.39. The summed E-state index contributed by atoms with van der Waals surface area (Å²) in [4.78, 5) is 11.8. The van der Waals surface area contributed by atoms with E-state index in [4.69, 9.17) is 5.84 Å². The minimum atomic E-state index is -0.126. The van der Waals surface area contributed by atoms with Crippen LogP contribution >= 0.6 is 0 Å². The lowest BCUT2D eigenvalue weighted by Crippen LogP contribution is -2.22. The van der Waals surface area contributed by atoms with Crippen molar-refractivity contribution in [2.45, 2.75) is 6.92 Å².